The first kappa shape index (κ1) is 20.5. The Hall–Kier alpha value is -1.79. The molecule has 2 aromatic carbocycles. The van der Waals surface area contributed by atoms with Gasteiger partial charge < -0.3 is 10.8 Å². The van der Waals surface area contributed by atoms with E-state index in [2.05, 4.69) is 43.3 Å². The van der Waals surface area contributed by atoms with E-state index >= 15 is 0 Å². The highest BCUT2D eigenvalue weighted by Gasteiger charge is 2.20. The van der Waals surface area contributed by atoms with Gasteiger partial charge in [0, 0.05) is 29.1 Å². The van der Waals surface area contributed by atoms with E-state index in [4.69, 9.17) is 10.8 Å². The third-order valence-corrected chi connectivity index (χ3v) is 5.28. The SMILES string of the molecule is Cc1ccc(Sc2c(CC(N)CO)c(-c3ccccc3)nn2C)cc1.Cl. The summed E-state index contributed by atoms with van der Waals surface area (Å²) in [5, 5.41) is 15.2. The van der Waals surface area contributed by atoms with Crippen molar-refractivity contribution < 1.29 is 5.11 Å². The van der Waals surface area contributed by atoms with Crippen LogP contribution in [0.4, 0.5) is 0 Å². The van der Waals surface area contributed by atoms with Crippen LogP contribution in [0.15, 0.2) is 64.5 Å². The van der Waals surface area contributed by atoms with Crippen molar-refractivity contribution in [3.63, 3.8) is 0 Å². The highest BCUT2D eigenvalue weighted by atomic mass is 35.5. The summed E-state index contributed by atoms with van der Waals surface area (Å²) < 4.78 is 1.91. The van der Waals surface area contributed by atoms with Crippen molar-refractivity contribution in [2.24, 2.45) is 12.8 Å². The summed E-state index contributed by atoms with van der Waals surface area (Å²) >= 11 is 1.68. The third-order valence-electron chi connectivity index (χ3n) is 4.07. The van der Waals surface area contributed by atoms with Gasteiger partial charge in [-0.2, -0.15) is 5.10 Å². The maximum absolute atomic E-state index is 9.42. The first-order valence-electron chi connectivity index (χ1n) is 8.30. The largest absolute Gasteiger partial charge is 0.395 e. The molecule has 1 atom stereocenters. The van der Waals surface area contributed by atoms with Gasteiger partial charge in [-0.15, -0.1) is 12.4 Å². The van der Waals surface area contributed by atoms with Crippen LogP contribution < -0.4 is 5.73 Å². The molecule has 0 saturated heterocycles. The van der Waals surface area contributed by atoms with Gasteiger partial charge in [0.1, 0.15) is 5.03 Å². The van der Waals surface area contributed by atoms with E-state index in [0.29, 0.717) is 6.42 Å². The average molecular weight is 390 g/mol. The highest BCUT2D eigenvalue weighted by Crippen LogP contribution is 2.36. The summed E-state index contributed by atoms with van der Waals surface area (Å²) in [6.45, 7) is 2.04. The lowest BCUT2D eigenvalue weighted by atomic mass is 10.0. The Morgan fingerprint density at radius 2 is 1.77 bits per heavy atom. The van der Waals surface area contributed by atoms with Crippen molar-refractivity contribution >= 4 is 24.2 Å². The fourth-order valence-electron chi connectivity index (χ4n) is 2.74. The van der Waals surface area contributed by atoms with E-state index < -0.39 is 0 Å². The number of benzene rings is 2. The van der Waals surface area contributed by atoms with Gasteiger partial charge in [0.25, 0.3) is 0 Å². The predicted molar refractivity (Wildman–Crippen MR) is 110 cm³/mol. The van der Waals surface area contributed by atoms with E-state index in [1.165, 1.54) is 5.56 Å². The molecule has 0 spiro atoms. The molecular formula is C20H24ClN3OS. The molecule has 6 heteroatoms. The van der Waals surface area contributed by atoms with Crippen molar-refractivity contribution in [3.8, 4) is 11.3 Å². The molecule has 0 bridgehead atoms. The normalized spacial score (nSPS) is 11.8. The minimum absolute atomic E-state index is 0. The molecule has 4 nitrogen and oxygen atoms in total. The van der Waals surface area contributed by atoms with Crippen LogP contribution >= 0.6 is 24.2 Å². The van der Waals surface area contributed by atoms with Crippen LogP contribution in [0.2, 0.25) is 0 Å². The summed E-state index contributed by atoms with van der Waals surface area (Å²) in [7, 11) is 1.96. The molecule has 3 aromatic rings. The molecule has 0 aliphatic heterocycles. The minimum Gasteiger partial charge on any atom is -0.395 e. The van der Waals surface area contributed by atoms with E-state index in [9.17, 15) is 5.11 Å². The molecule has 3 rings (SSSR count). The zero-order chi connectivity index (χ0) is 17.8. The van der Waals surface area contributed by atoms with Crippen LogP contribution in [-0.4, -0.2) is 27.5 Å². The molecule has 0 saturated carbocycles. The van der Waals surface area contributed by atoms with Crippen molar-refractivity contribution in [1.29, 1.82) is 0 Å². The second kappa shape index (κ2) is 9.24. The molecule has 3 N–H and O–H groups in total. The predicted octanol–water partition coefficient (Wildman–Crippen LogP) is 3.83. The molecule has 0 aliphatic carbocycles. The number of aromatic nitrogens is 2. The Kier molecular flexibility index (Phi) is 7.29. The number of aliphatic hydroxyl groups excluding tert-OH is 1. The molecule has 0 amide bonds. The van der Waals surface area contributed by atoms with Crippen LogP contribution in [0, 0.1) is 6.92 Å². The lowest BCUT2D eigenvalue weighted by Crippen LogP contribution is -2.27. The maximum atomic E-state index is 9.42. The number of nitrogens with two attached hydrogens (primary N) is 1. The first-order chi connectivity index (χ1) is 12.1. The van der Waals surface area contributed by atoms with Crippen LogP contribution in [0.25, 0.3) is 11.3 Å². The number of aliphatic hydroxyl groups is 1. The Morgan fingerprint density at radius 3 is 2.38 bits per heavy atom. The van der Waals surface area contributed by atoms with Crippen LogP contribution in [0.5, 0.6) is 0 Å². The van der Waals surface area contributed by atoms with Gasteiger partial charge in [-0.1, -0.05) is 59.8 Å². The first-order valence-corrected chi connectivity index (χ1v) is 9.12. The number of hydrogen-bond acceptors (Lipinski definition) is 4. The molecule has 1 aromatic heterocycles. The number of nitrogens with zero attached hydrogens (tertiary/aromatic N) is 2. The fraction of sp³-hybridized carbons (Fsp3) is 0.250. The Balaban J connectivity index is 0.00000243. The maximum Gasteiger partial charge on any atom is 0.102 e. The van der Waals surface area contributed by atoms with Crippen LogP contribution in [0.3, 0.4) is 0 Å². The molecule has 0 fully saturated rings. The molecule has 0 aliphatic rings. The van der Waals surface area contributed by atoms with Gasteiger partial charge >= 0.3 is 0 Å². The number of aryl methyl sites for hydroxylation is 2. The second-order valence-corrected chi connectivity index (χ2v) is 7.25. The van der Waals surface area contributed by atoms with E-state index in [1.807, 2.05) is 29.9 Å². The van der Waals surface area contributed by atoms with Crippen LogP contribution in [-0.2, 0) is 13.5 Å². The van der Waals surface area contributed by atoms with Crippen molar-refractivity contribution in [3.05, 3.63) is 65.7 Å². The number of rotatable bonds is 6. The van der Waals surface area contributed by atoms with Crippen LogP contribution in [0.1, 0.15) is 11.1 Å². The molecule has 26 heavy (non-hydrogen) atoms. The standard InChI is InChI=1S/C20H23N3OS.ClH/c1-14-8-10-17(11-9-14)25-20-18(12-16(21)13-24)19(22-23(20)2)15-6-4-3-5-7-15;/h3-11,16,24H,12-13,21H2,1-2H3;1H. The summed E-state index contributed by atoms with van der Waals surface area (Å²) in [5.74, 6) is 0. The Labute approximate surface area is 164 Å². The molecule has 138 valence electrons. The number of hydrogen-bond donors (Lipinski definition) is 2. The number of halogens is 1. The minimum atomic E-state index is -0.302. The van der Waals surface area contributed by atoms with Gasteiger partial charge in [0.2, 0.25) is 0 Å². The zero-order valence-electron chi connectivity index (χ0n) is 14.9. The van der Waals surface area contributed by atoms with E-state index in [-0.39, 0.29) is 25.1 Å². The third kappa shape index (κ3) is 4.68. The van der Waals surface area contributed by atoms with Gasteiger partial charge in [-0.3, -0.25) is 4.68 Å². The summed E-state index contributed by atoms with van der Waals surface area (Å²) in [6.07, 6.45) is 0.586. The Bertz CT molecular complexity index is 834. The van der Waals surface area contributed by atoms with Gasteiger partial charge in [0.05, 0.1) is 12.3 Å². The molecular weight excluding hydrogens is 366 g/mol. The Morgan fingerprint density at radius 1 is 1.12 bits per heavy atom. The topological polar surface area (TPSA) is 64.1 Å². The van der Waals surface area contributed by atoms with Crippen molar-refractivity contribution in [2.45, 2.75) is 29.3 Å². The average Bonchev–Trinajstić information content (AvgIpc) is 2.93. The quantitative estimate of drug-likeness (QED) is 0.672. The van der Waals surface area contributed by atoms with Gasteiger partial charge in [-0.05, 0) is 25.5 Å². The highest BCUT2D eigenvalue weighted by molar-refractivity contribution is 7.99. The fourth-order valence-corrected chi connectivity index (χ4v) is 3.71. The summed E-state index contributed by atoms with van der Waals surface area (Å²) in [5.41, 5.74) is 10.4. The van der Waals surface area contributed by atoms with Crippen molar-refractivity contribution in [2.75, 3.05) is 6.61 Å². The van der Waals surface area contributed by atoms with Gasteiger partial charge in [-0.25, -0.2) is 0 Å². The van der Waals surface area contributed by atoms with Crippen molar-refractivity contribution in [1.82, 2.24) is 9.78 Å². The second-order valence-electron chi connectivity index (χ2n) is 6.18. The van der Waals surface area contributed by atoms with E-state index in [0.717, 1.165) is 26.7 Å². The summed E-state index contributed by atoms with van der Waals surface area (Å²) in [4.78, 5) is 1.16. The zero-order valence-corrected chi connectivity index (χ0v) is 16.6. The monoisotopic (exact) mass is 389 g/mol. The lowest BCUT2D eigenvalue weighted by Gasteiger charge is -2.11. The molecule has 1 unspecified atom stereocenters. The summed E-state index contributed by atoms with van der Waals surface area (Å²) in [6, 6.07) is 18.3. The smallest absolute Gasteiger partial charge is 0.102 e. The van der Waals surface area contributed by atoms with E-state index in [1.54, 1.807) is 11.8 Å². The molecule has 0 radical (unpaired) electrons. The molecule has 1 heterocycles. The lowest BCUT2D eigenvalue weighted by molar-refractivity contribution is 0.265. The van der Waals surface area contributed by atoms with Gasteiger partial charge in [0.15, 0.2) is 0 Å².